The van der Waals surface area contributed by atoms with Gasteiger partial charge in [-0.3, -0.25) is 15.0 Å². The molecule has 0 aliphatic rings. The van der Waals surface area contributed by atoms with Gasteiger partial charge in [0.2, 0.25) is 0 Å². The van der Waals surface area contributed by atoms with Gasteiger partial charge in [-0.25, -0.2) is 0 Å². The Morgan fingerprint density at radius 2 is 0.667 bits per heavy atom. The zero-order valence-electron chi connectivity index (χ0n) is 20.5. The lowest BCUT2D eigenvalue weighted by molar-refractivity contribution is 0.622. The first-order chi connectivity index (χ1) is 17.7. The summed E-state index contributed by atoms with van der Waals surface area (Å²) in [7, 11) is 0. The molecule has 36 heavy (non-hydrogen) atoms. The summed E-state index contributed by atoms with van der Waals surface area (Å²) in [6, 6.07) is 29.8. The lowest BCUT2D eigenvalue weighted by atomic mass is 10.2. The van der Waals surface area contributed by atoms with Gasteiger partial charge in [-0.1, -0.05) is 54.6 Å². The van der Waals surface area contributed by atoms with Gasteiger partial charge in [-0.2, -0.15) is 0 Å². The first kappa shape index (κ1) is 26.0. The van der Waals surface area contributed by atoms with Crippen molar-refractivity contribution in [2.24, 2.45) is 0 Å². The number of fused-ring (bicyclic) bond motifs is 3. The Morgan fingerprint density at radius 1 is 0.389 bits per heavy atom. The smallest absolute Gasteiger partial charge is 0.497 e. The Labute approximate surface area is 234 Å². The molecule has 6 nitrogen and oxygen atoms in total. The summed E-state index contributed by atoms with van der Waals surface area (Å²) >= 11 is 2.12. The van der Waals surface area contributed by atoms with E-state index in [0.717, 1.165) is 50.0 Å². The molecule has 0 N–H and O–H groups in total. The van der Waals surface area contributed by atoms with Crippen molar-refractivity contribution >= 4 is 82.6 Å². The van der Waals surface area contributed by atoms with Crippen LogP contribution in [0.5, 0.6) is 17.2 Å². The summed E-state index contributed by atoms with van der Waals surface area (Å²) in [5.41, 5.74) is 2.86. The quantitative estimate of drug-likeness (QED) is 0.334. The molecular formula is C27H24Al3N3O3. The second-order valence-corrected chi connectivity index (χ2v) is 8.83. The maximum absolute atomic E-state index is 5.30. The van der Waals surface area contributed by atoms with Crippen LogP contribution >= 0.6 is 0 Å². The van der Waals surface area contributed by atoms with Crippen molar-refractivity contribution in [3.63, 3.8) is 0 Å². The maximum Gasteiger partial charge on any atom is 0.497 e. The molecule has 0 amide bonds. The number of nitrogens with zero attached hydrogens (tertiary/aromatic N) is 3. The second-order valence-electron chi connectivity index (χ2n) is 7.61. The number of para-hydroxylation sites is 3. The fraction of sp³-hybridized carbons (Fsp3) is 0. The van der Waals surface area contributed by atoms with Crippen molar-refractivity contribution in [1.29, 1.82) is 0 Å². The van der Waals surface area contributed by atoms with Crippen molar-refractivity contribution in [3.8, 4) is 17.2 Å². The average molecular weight is 519 g/mol. The molecule has 0 fully saturated rings. The summed E-state index contributed by atoms with van der Waals surface area (Å²) in [5.74, 6) is 2.67. The van der Waals surface area contributed by atoms with E-state index in [9.17, 15) is 0 Å². The van der Waals surface area contributed by atoms with Crippen LogP contribution in [0, 0.1) is 0 Å². The van der Waals surface area contributed by atoms with E-state index in [2.05, 4.69) is 15.0 Å². The fourth-order valence-corrected chi connectivity index (χ4v) is 4.71. The molecule has 0 radical (unpaired) electrons. The first-order valence-corrected chi connectivity index (χ1v) is 13.8. The Balaban J connectivity index is 0.000000127. The molecule has 3 heterocycles. The molecule has 3 aromatic carbocycles. The largest absolute Gasteiger partial charge is 0.646 e. The minimum absolute atomic E-state index is 0.706. The highest BCUT2D eigenvalue weighted by Gasteiger charge is 1.99. The Bertz CT molecular complexity index is 1380. The normalized spacial score (nSPS) is 10.0. The number of rotatable bonds is 3. The zero-order chi connectivity index (χ0) is 25.2. The molecule has 0 bridgehead atoms. The molecule has 0 saturated carbocycles. The van der Waals surface area contributed by atoms with Gasteiger partial charge in [0.25, 0.3) is 0 Å². The van der Waals surface area contributed by atoms with Crippen LogP contribution in [0.4, 0.5) is 0 Å². The third kappa shape index (κ3) is 6.36. The number of hydrogen-bond acceptors (Lipinski definition) is 6. The molecule has 0 unspecified atom stereocenters. The van der Waals surface area contributed by atoms with Gasteiger partial charge in [-0.15, -0.1) is 0 Å². The van der Waals surface area contributed by atoms with Gasteiger partial charge in [-0.05, 0) is 36.4 Å². The van der Waals surface area contributed by atoms with E-state index in [1.54, 1.807) is 18.6 Å². The van der Waals surface area contributed by atoms with Crippen LogP contribution < -0.4 is 11.4 Å². The fourth-order valence-electron chi connectivity index (χ4n) is 3.72. The highest BCUT2D eigenvalue weighted by atomic mass is 27.1. The third-order valence-electron chi connectivity index (χ3n) is 5.45. The molecule has 0 atom stereocenters. The molecule has 174 valence electrons. The van der Waals surface area contributed by atoms with Crippen molar-refractivity contribution < 1.29 is 11.4 Å². The van der Waals surface area contributed by atoms with Gasteiger partial charge in [0.05, 0.1) is 0 Å². The van der Waals surface area contributed by atoms with Gasteiger partial charge in [0, 0.05) is 34.7 Å². The zero-order valence-corrected chi connectivity index (χ0v) is 26.5. The van der Waals surface area contributed by atoms with Crippen LogP contribution in [0.2, 0.25) is 0 Å². The number of pyridine rings is 3. The monoisotopic (exact) mass is 519 g/mol. The van der Waals surface area contributed by atoms with Gasteiger partial charge >= 0.3 is 49.9 Å². The molecule has 9 heteroatoms. The van der Waals surface area contributed by atoms with Crippen molar-refractivity contribution in [1.82, 2.24) is 15.0 Å². The van der Waals surface area contributed by atoms with Gasteiger partial charge in [0.15, 0.2) is 0 Å². The minimum Gasteiger partial charge on any atom is -0.646 e. The van der Waals surface area contributed by atoms with Gasteiger partial charge < -0.3 is 11.4 Å². The van der Waals surface area contributed by atoms with Crippen LogP contribution in [0.25, 0.3) is 32.7 Å². The van der Waals surface area contributed by atoms with Crippen LogP contribution in [-0.2, 0) is 0 Å². The lowest BCUT2D eigenvalue weighted by Crippen LogP contribution is -1.87. The van der Waals surface area contributed by atoms with Crippen LogP contribution in [-0.4, -0.2) is 64.8 Å². The Morgan fingerprint density at radius 3 is 0.944 bits per heavy atom. The highest BCUT2D eigenvalue weighted by molar-refractivity contribution is 6.02. The van der Waals surface area contributed by atoms with E-state index >= 15 is 0 Å². The predicted octanol–water partition coefficient (Wildman–Crippen LogP) is 3.49. The van der Waals surface area contributed by atoms with Gasteiger partial charge in [0.1, 0.15) is 33.8 Å². The maximum atomic E-state index is 5.30. The Kier molecular flexibility index (Phi) is 9.57. The molecule has 6 rings (SSSR count). The molecule has 0 aliphatic carbocycles. The lowest BCUT2D eigenvalue weighted by Gasteiger charge is -2.04. The topological polar surface area (TPSA) is 66.4 Å². The summed E-state index contributed by atoms with van der Waals surface area (Å²) < 4.78 is 15.9. The van der Waals surface area contributed by atoms with E-state index in [1.807, 2.05) is 91.0 Å². The van der Waals surface area contributed by atoms with Crippen molar-refractivity contribution in [2.45, 2.75) is 0 Å². The van der Waals surface area contributed by atoms with E-state index in [-0.39, 0.29) is 0 Å². The standard InChI is InChI=1S/3C9H7NO.3Al.6H/c3*11-8-5-1-3-7-4-2-6-10-9(7)8;;;;;;;;;/h3*1-6,11H;;;;;;;;;/q;;;3*+1;;;;;;/p-3. The number of hydrogen-bond donors (Lipinski definition) is 0. The summed E-state index contributed by atoms with van der Waals surface area (Å²) in [4.78, 5) is 12.7. The molecule has 6 aromatic rings. The van der Waals surface area contributed by atoms with E-state index < -0.39 is 0 Å². The SMILES string of the molecule is [AlH2][O]c1cccc2cccnc12.[AlH2][O]c1cccc2cccnc12.[AlH2][O]c1cccc2cccnc12. The number of aromatic nitrogens is 3. The molecule has 0 saturated heterocycles. The molecule has 0 spiro atoms. The highest BCUT2D eigenvalue weighted by Crippen LogP contribution is 2.23. The molecule has 3 aromatic heterocycles. The molecule has 0 aliphatic heterocycles. The van der Waals surface area contributed by atoms with Crippen molar-refractivity contribution in [2.75, 3.05) is 0 Å². The predicted molar refractivity (Wildman–Crippen MR) is 153 cm³/mol. The first-order valence-electron chi connectivity index (χ1n) is 11.4. The summed E-state index contributed by atoms with van der Waals surface area (Å²) in [5, 5.41) is 3.39. The minimum atomic E-state index is 0.706. The second kappa shape index (κ2) is 13.3. The van der Waals surface area contributed by atoms with Crippen LogP contribution in [0.3, 0.4) is 0 Å². The Hall–Kier alpha value is -3.11. The number of benzene rings is 3. The van der Waals surface area contributed by atoms with E-state index in [1.165, 1.54) is 0 Å². The van der Waals surface area contributed by atoms with E-state index in [4.69, 9.17) is 11.4 Å². The summed E-state index contributed by atoms with van der Waals surface area (Å²) in [6.45, 7) is 0. The third-order valence-corrected chi connectivity index (χ3v) is 6.77. The van der Waals surface area contributed by atoms with Crippen LogP contribution in [0.1, 0.15) is 0 Å². The van der Waals surface area contributed by atoms with Crippen molar-refractivity contribution in [3.05, 3.63) is 110 Å². The van der Waals surface area contributed by atoms with Crippen LogP contribution in [0.15, 0.2) is 110 Å². The average Bonchev–Trinajstić information content (AvgIpc) is 2.97. The van der Waals surface area contributed by atoms with E-state index in [0.29, 0.717) is 49.9 Å². The molecular weight excluding hydrogens is 495 g/mol. The summed E-state index contributed by atoms with van der Waals surface area (Å²) in [6.07, 6.45) is 5.35.